The number of para-hydroxylation sites is 1. The SMILES string of the molecule is Fc1cccc2c1[C@H](Nc1ccccc1)C[C@]1(OCc3ccccc31)O2. The Morgan fingerprint density at radius 1 is 0.923 bits per heavy atom. The van der Waals surface area contributed by atoms with E-state index in [-0.39, 0.29) is 11.9 Å². The number of benzene rings is 3. The van der Waals surface area contributed by atoms with Crippen molar-refractivity contribution >= 4 is 5.69 Å². The number of hydrogen-bond donors (Lipinski definition) is 1. The number of ether oxygens (including phenoxy) is 2. The van der Waals surface area contributed by atoms with Crippen LogP contribution < -0.4 is 10.1 Å². The Morgan fingerprint density at radius 2 is 1.73 bits per heavy atom. The first-order chi connectivity index (χ1) is 12.8. The lowest BCUT2D eigenvalue weighted by molar-refractivity contribution is -0.196. The number of hydrogen-bond acceptors (Lipinski definition) is 3. The fraction of sp³-hybridized carbons (Fsp3) is 0.182. The van der Waals surface area contributed by atoms with Gasteiger partial charge in [-0.05, 0) is 29.8 Å². The van der Waals surface area contributed by atoms with Crippen LogP contribution in [0.4, 0.5) is 10.1 Å². The van der Waals surface area contributed by atoms with E-state index in [9.17, 15) is 4.39 Å². The molecule has 1 spiro atoms. The molecule has 4 heteroatoms. The van der Waals surface area contributed by atoms with Crippen LogP contribution in [0, 0.1) is 5.82 Å². The van der Waals surface area contributed by atoms with Crippen LogP contribution in [-0.4, -0.2) is 0 Å². The Hall–Kier alpha value is -2.85. The van der Waals surface area contributed by atoms with Gasteiger partial charge in [-0.2, -0.15) is 0 Å². The summed E-state index contributed by atoms with van der Waals surface area (Å²) in [4.78, 5) is 0. The van der Waals surface area contributed by atoms with E-state index in [1.165, 1.54) is 6.07 Å². The van der Waals surface area contributed by atoms with Gasteiger partial charge in [-0.25, -0.2) is 4.39 Å². The lowest BCUT2D eigenvalue weighted by Crippen LogP contribution is -2.40. The van der Waals surface area contributed by atoms with Gasteiger partial charge in [-0.3, -0.25) is 0 Å². The molecular weight excluding hydrogens is 329 g/mol. The van der Waals surface area contributed by atoms with Gasteiger partial charge in [0.15, 0.2) is 0 Å². The minimum atomic E-state index is -0.885. The molecule has 0 bridgehead atoms. The predicted molar refractivity (Wildman–Crippen MR) is 97.4 cm³/mol. The van der Waals surface area contributed by atoms with Gasteiger partial charge in [0.2, 0.25) is 5.79 Å². The lowest BCUT2D eigenvalue weighted by atomic mass is 9.89. The highest BCUT2D eigenvalue weighted by molar-refractivity contribution is 5.50. The summed E-state index contributed by atoms with van der Waals surface area (Å²) in [6.07, 6.45) is 0.493. The molecule has 2 heterocycles. The normalized spacial score (nSPS) is 23.2. The molecule has 130 valence electrons. The molecule has 0 saturated heterocycles. The molecule has 0 aliphatic carbocycles. The third-order valence-corrected chi connectivity index (χ3v) is 5.11. The van der Waals surface area contributed by atoms with E-state index in [1.54, 1.807) is 6.07 Å². The van der Waals surface area contributed by atoms with E-state index in [0.717, 1.165) is 16.8 Å². The number of fused-ring (bicyclic) bond motifs is 3. The Balaban J connectivity index is 1.61. The molecule has 2 aliphatic heterocycles. The highest BCUT2D eigenvalue weighted by Gasteiger charge is 2.48. The monoisotopic (exact) mass is 347 g/mol. The first-order valence-corrected chi connectivity index (χ1v) is 8.76. The van der Waals surface area contributed by atoms with Crippen LogP contribution in [-0.2, 0) is 17.1 Å². The van der Waals surface area contributed by atoms with Crippen molar-refractivity contribution in [2.75, 3.05) is 5.32 Å². The quantitative estimate of drug-likeness (QED) is 0.696. The molecule has 26 heavy (non-hydrogen) atoms. The second-order valence-electron chi connectivity index (χ2n) is 6.72. The van der Waals surface area contributed by atoms with E-state index in [4.69, 9.17) is 9.47 Å². The Kier molecular flexibility index (Phi) is 3.47. The van der Waals surface area contributed by atoms with Crippen molar-refractivity contribution in [3.05, 3.63) is 95.3 Å². The fourth-order valence-electron chi connectivity index (χ4n) is 3.94. The summed E-state index contributed by atoms with van der Waals surface area (Å²) in [7, 11) is 0. The van der Waals surface area contributed by atoms with Gasteiger partial charge in [0.05, 0.1) is 18.2 Å². The van der Waals surface area contributed by atoms with E-state index in [2.05, 4.69) is 5.32 Å². The first kappa shape index (κ1) is 15.4. The van der Waals surface area contributed by atoms with Gasteiger partial charge < -0.3 is 14.8 Å². The van der Waals surface area contributed by atoms with Gasteiger partial charge in [0.25, 0.3) is 0 Å². The Bertz CT molecular complexity index is 959. The summed E-state index contributed by atoms with van der Waals surface area (Å²) in [6.45, 7) is 0.499. The number of halogens is 1. The molecule has 2 aliphatic rings. The molecular formula is C22H18FNO2. The third-order valence-electron chi connectivity index (χ3n) is 5.11. The molecule has 3 nitrogen and oxygen atoms in total. The zero-order chi connectivity index (χ0) is 17.6. The molecule has 0 saturated carbocycles. The Morgan fingerprint density at radius 3 is 2.62 bits per heavy atom. The highest BCUT2D eigenvalue weighted by Crippen LogP contribution is 2.50. The van der Waals surface area contributed by atoms with E-state index < -0.39 is 5.79 Å². The smallest absolute Gasteiger partial charge is 0.240 e. The van der Waals surface area contributed by atoms with Gasteiger partial charge in [0.1, 0.15) is 11.6 Å². The van der Waals surface area contributed by atoms with Crippen molar-refractivity contribution in [1.82, 2.24) is 0 Å². The van der Waals surface area contributed by atoms with E-state index in [1.807, 2.05) is 60.7 Å². The molecule has 5 rings (SSSR count). The van der Waals surface area contributed by atoms with Crippen LogP contribution in [0.2, 0.25) is 0 Å². The zero-order valence-electron chi connectivity index (χ0n) is 14.1. The first-order valence-electron chi connectivity index (χ1n) is 8.76. The summed E-state index contributed by atoms with van der Waals surface area (Å²) in [6, 6.07) is 22.6. The van der Waals surface area contributed by atoms with Crippen LogP contribution in [0.15, 0.2) is 72.8 Å². The third kappa shape index (κ3) is 2.37. The van der Waals surface area contributed by atoms with Gasteiger partial charge in [-0.15, -0.1) is 0 Å². The predicted octanol–water partition coefficient (Wildman–Crippen LogP) is 5.14. The van der Waals surface area contributed by atoms with Gasteiger partial charge in [0, 0.05) is 17.7 Å². The maximum atomic E-state index is 14.6. The molecule has 3 aromatic carbocycles. The summed E-state index contributed by atoms with van der Waals surface area (Å²) in [5.41, 5.74) is 3.63. The van der Waals surface area contributed by atoms with E-state index in [0.29, 0.717) is 24.3 Å². The summed E-state index contributed by atoms with van der Waals surface area (Å²) in [5.74, 6) is -0.623. The number of rotatable bonds is 2. The van der Waals surface area contributed by atoms with Crippen molar-refractivity contribution < 1.29 is 13.9 Å². The van der Waals surface area contributed by atoms with Crippen LogP contribution >= 0.6 is 0 Å². The van der Waals surface area contributed by atoms with Crippen LogP contribution in [0.5, 0.6) is 5.75 Å². The molecule has 2 atom stereocenters. The van der Waals surface area contributed by atoms with Crippen LogP contribution in [0.25, 0.3) is 0 Å². The van der Waals surface area contributed by atoms with Crippen molar-refractivity contribution in [3.8, 4) is 5.75 Å². The van der Waals surface area contributed by atoms with Gasteiger partial charge in [-0.1, -0.05) is 48.5 Å². The summed E-state index contributed by atoms with van der Waals surface area (Å²) in [5, 5.41) is 3.46. The van der Waals surface area contributed by atoms with Crippen molar-refractivity contribution in [3.63, 3.8) is 0 Å². The fourth-order valence-corrected chi connectivity index (χ4v) is 3.94. The van der Waals surface area contributed by atoms with Crippen molar-refractivity contribution in [2.45, 2.75) is 24.9 Å². The second kappa shape index (κ2) is 5.85. The highest BCUT2D eigenvalue weighted by atomic mass is 19.1. The summed E-state index contributed by atoms with van der Waals surface area (Å²) >= 11 is 0. The largest absolute Gasteiger partial charge is 0.457 e. The topological polar surface area (TPSA) is 30.5 Å². The minimum Gasteiger partial charge on any atom is -0.457 e. The molecule has 0 unspecified atom stereocenters. The lowest BCUT2D eigenvalue weighted by Gasteiger charge is -2.40. The average molecular weight is 347 g/mol. The maximum absolute atomic E-state index is 14.6. The van der Waals surface area contributed by atoms with E-state index >= 15 is 0 Å². The van der Waals surface area contributed by atoms with Crippen LogP contribution in [0.3, 0.4) is 0 Å². The van der Waals surface area contributed by atoms with Crippen LogP contribution in [0.1, 0.15) is 29.2 Å². The zero-order valence-corrected chi connectivity index (χ0v) is 14.1. The molecule has 0 fully saturated rings. The number of nitrogens with one attached hydrogen (secondary N) is 1. The maximum Gasteiger partial charge on any atom is 0.240 e. The number of anilines is 1. The Labute approximate surface area is 151 Å². The molecule has 1 N–H and O–H groups in total. The standard InChI is InChI=1S/C22H18FNO2/c23-18-11-6-12-20-21(18)19(24-16-8-2-1-3-9-16)13-22(26-20)17-10-5-4-7-15(17)14-25-22/h1-12,19,24H,13-14H2/t19-,22+/m1/s1. The average Bonchev–Trinajstić information content (AvgIpc) is 3.01. The van der Waals surface area contributed by atoms with Gasteiger partial charge >= 0.3 is 0 Å². The molecule has 3 aromatic rings. The summed E-state index contributed by atoms with van der Waals surface area (Å²) < 4.78 is 27.0. The van der Waals surface area contributed by atoms with Crippen molar-refractivity contribution in [2.24, 2.45) is 0 Å². The second-order valence-corrected chi connectivity index (χ2v) is 6.72. The molecule has 0 aromatic heterocycles. The molecule has 0 amide bonds. The van der Waals surface area contributed by atoms with Crippen molar-refractivity contribution in [1.29, 1.82) is 0 Å². The minimum absolute atomic E-state index is 0.256. The molecule has 0 radical (unpaired) electrons.